The molecule has 1 fully saturated rings. The number of carbonyl (C=O) groups is 1. The Morgan fingerprint density at radius 3 is 2.43 bits per heavy atom. The molecule has 0 bridgehead atoms. The van der Waals surface area contributed by atoms with Crippen molar-refractivity contribution < 1.29 is 13.6 Å². The lowest BCUT2D eigenvalue weighted by Crippen LogP contribution is -2.44. The van der Waals surface area contributed by atoms with Crippen LogP contribution in [0.15, 0.2) is 0 Å². The fraction of sp³-hybridized carbons (Fsp3) is 0.889. The summed E-state index contributed by atoms with van der Waals surface area (Å²) in [6.07, 6.45) is 0.963. The van der Waals surface area contributed by atoms with Crippen LogP contribution in [0.2, 0.25) is 0 Å². The van der Waals surface area contributed by atoms with E-state index in [1.54, 1.807) is 13.2 Å². The summed E-state index contributed by atoms with van der Waals surface area (Å²) in [6.45, 7) is 1.72. The Morgan fingerprint density at radius 2 is 2.07 bits per heavy atom. The molecule has 2 atom stereocenters. The molecule has 1 amide bonds. The van der Waals surface area contributed by atoms with E-state index in [0.29, 0.717) is 0 Å². The van der Waals surface area contributed by atoms with Crippen molar-refractivity contribution in [1.29, 1.82) is 0 Å². The van der Waals surface area contributed by atoms with Crippen molar-refractivity contribution in [3.63, 3.8) is 0 Å². The molecule has 2 unspecified atom stereocenters. The topological polar surface area (TPSA) is 29.1 Å². The van der Waals surface area contributed by atoms with Gasteiger partial charge in [0.2, 0.25) is 5.91 Å². The van der Waals surface area contributed by atoms with Gasteiger partial charge in [-0.1, -0.05) is 0 Å². The number of hydrogen-bond donors (Lipinski definition) is 1. The molecule has 0 aliphatic heterocycles. The van der Waals surface area contributed by atoms with Gasteiger partial charge in [-0.3, -0.25) is 4.79 Å². The second-order valence-corrected chi connectivity index (χ2v) is 4.76. The molecule has 82 valence electrons. The van der Waals surface area contributed by atoms with Crippen LogP contribution in [0.1, 0.15) is 19.8 Å². The van der Waals surface area contributed by atoms with E-state index >= 15 is 0 Å². The van der Waals surface area contributed by atoms with Crippen molar-refractivity contribution in [2.45, 2.75) is 37.5 Å². The van der Waals surface area contributed by atoms with Gasteiger partial charge in [0.25, 0.3) is 6.43 Å². The molecule has 0 saturated heterocycles. The normalized spacial score (nSPS) is 20.6. The SMILES string of the molecule is CSC(C)C(=O)NC(C(F)F)C1CC1. The third kappa shape index (κ3) is 3.12. The van der Waals surface area contributed by atoms with Gasteiger partial charge in [-0.15, -0.1) is 0 Å². The van der Waals surface area contributed by atoms with Crippen LogP contribution in [0.25, 0.3) is 0 Å². The monoisotopic (exact) mass is 223 g/mol. The minimum atomic E-state index is -2.44. The number of alkyl halides is 2. The molecule has 0 heterocycles. The van der Waals surface area contributed by atoms with Crippen molar-refractivity contribution in [2.24, 2.45) is 5.92 Å². The van der Waals surface area contributed by atoms with Gasteiger partial charge >= 0.3 is 0 Å². The number of rotatable bonds is 5. The number of amides is 1. The molecule has 5 heteroatoms. The Hall–Kier alpha value is -0.320. The Balaban J connectivity index is 2.42. The van der Waals surface area contributed by atoms with E-state index in [1.807, 2.05) is 0 Å². The first kappa shape index (κ1) is 11.8. The van der Waals surface area contributed by atoms with Crippen LogP contribution in [0.4, 0.5) is 8.78 Å². The molecule has 1 aliphatic carbocycles. The average molecular weight is 223 g/mol. The average Bonchev–Trinajstić information content (AvgIpc) is 2.95. The smallest absolute Gasteiger partial charge is 0.258 e. The highest BCUT2D eigenvalue weighted by atomic mass is 32.2. The quantitative estimate of drug-likeness (QED) is 0.771. The van der Waals surface area contributed by atoms with Crippen LogP contribution in [0.5, 0.6) is 0 Å². The number of halogens is 2. The number of hydrogen-bond acceptors (Lipinski definition) is 2. The van der Waals surface area contributed by atoms with Gasteiger partial charge in [-0.05, 0) is 31.9 Å². The first-order valence-corrected chi connectivity index (χ1v) is 5.96. The Kier molecular flexibility index (Phi) is 4.16. The summed E-state index contributed by atoms with van der Waals surface area (Å²) in [5, 5.41) is 2.16. The molecule has 1 rings (SSSR count). The van der Waals surface area contributed by atoms with E-state index in [4.69, 9.17) is 0 Å². The molecule has 0 radical (unpaired) electrons. The predicted molar refractivity (Wildman–Crippen MR) is 53.6 cm³/mol. The van der Waals surface area contributed by atoms with Crippen molar-refractivity contribution >= 4 is 17.7 Å². The summed E-state index contributed by atoms with van der Waals surface area (Å²) < 4.78 is 25.0. The molecule has 14 heavy (non-hydrogen) atoms. The van der Waals surface area contributed by atoms with Crippen molar-refractivity contribution in [3.05, 3.63) is 0 Å². The fourth-order valence-corrected chi connectivity index (χ4v) is 1.51. The number of thioether (sulfide) groups is 1. The van der Waals surface area contributed by atoms with E-state index in [9.17, 15) is 13.6 Å². The molecule has 1 saturated carbocycles. The van der Waals surface area contributed by atoms with Crippen LogP contribution >= 0.6 is 11.8 Å². The first-order valence-electron chi connectivity index (χ1n) is 4.67. The number of carbonyl (C=O) groups excluding carboxylic acids is 1. The standard InChI is InChI=1S/C9H15F2NOS/c1-5(14-2)9(13)12-7(8(10)11)6-3-4-6/h5-8H,3-4H2,1-2H3,(H,12,13). The van der Waals surface area contributed by atoms with Gasteiger partial charge in [-0.25, -0.2) is 8.78 Å². The van der Waals surface area contributed by atoms with E-state index in [-0.39, 0.29) is 17.1 Å². The maximum atomic E-state index is 12.5. The summed E-state index contributed by atoms with van der Waals surface area (Å²) in [5.41, 5.74) is 0. The van der Waals surface area contributed by atoms with Crippen molar-refractivity contribution in [3.8, 4) is 0 Å². The van der Waals surface area contributed by atoms with Gasteiger partial charge in [0, 0.05) is 0 Å². The first-order chi connectivity index (χ1) is 6.56. The largest absolute Gasteiger partial charge is 0.346 e. The molecular formula is C9H15F2NOS. The Labute approximate surface area is 86.8 Å². The van der Waals surface area contributed by atoms with E-state index < -0.39 is 12.5 Å². The Bertz CT molecular complexity index is 207. The molecule has 1 N–H and O–H groups in total. The highest BCUT2D eigenvalue weighted by Gasteiger charge is 2.38. The maximum absolute atomic E-state index is 12.5. The van der Waals surface area contributed by atoms with Crippen molar-refractivity contribution in [2.75, 3.05) is 6.26 Å². The maximum Gasteiger partial charge on any atom is 0.258 e. The second-order valence-electron chi connectivity index (χ2n) is 3.58. The molecule has 0 aromatic heterocycles. The molecule has 0 aromatic carbocycles. The minimum Gasteiger partial charge on any atom is -0.346 e. The minimum absolute atomic E-state index is 0.00648. The molecule has 0 spiro atoms. The third-order valence-electron chi connectivity index (χ3n) is 2.43. The lowest BCUT2D eigenvalue weighted by molar-refractivity contribution is -0.122. The van der Waals surface area contributed by atoms with E-state index in [2.05, 4.69) is 5.32 Å². The summed E-state index contributed by atoms with van der Waals surface area (Å²) in [6, 6.07) is -0.933. The zero-order valence-electron chi connectivity index (χ0n) is 8.30. The van der Waals surface area contributed by atoms with Gasteiger partial charge in [0.15, 0.2) is 0 Å². The summed E-state index contributed by atoms with van der Waals surface area (Å²) in [4.78, 5) is 11.4. The predicted octanol–water partition coefficient (Wildman–Crippen LogP) is 1.90. The van der Waals surface area contributed by atoms with Crippen LogP contribution in [-0.4, -0.2) is 29.9 Å². The third-order valence-corrected chi connectivity index (χ3v) is 3.35. The lowest BCUT2D eigenvalue weighted by atomic mass is 10.2. The summed E-state index contributed by atoms with van der Waals surface area (Å²) >= 11 is 1.36. The van der Waals surface area contributed by atoms with Crippen LogP contribution in [-0.2, 0) is 4.79 Å². The van der Waals surface area contributed by atoms with Gasteiger partial charge < -0.3 is 5.32 Å². The van der Waals surface area contributed by atoms with E-state index in [0.717, 1.165) is 12.8 Å². The van der Waals surface area contributed by atoms with Crippen LogP contribution < -0.4 is 5.32 Å². The van der Waals surface area contributed by atoms with Crippen molar-refractivity contribution in [1.82, 2.24) is 5.32 Å². The van der Waals surface area contributed by atoms with E-state index in [1.165, 1.54) is 11.8 Å². The summed E-state index contributed by atoms with van der Waals surface area (Å²) in [5.74, 6) is -0.289. The highest BCUT2D eigenvalue weighted by Crippen LogP contribution is 2.35. The highest BCUT2D eigenvalue weighted by molar-refractivity contribution is 7.99. The zero-order chi connectivity index (χ0) is 10.7. The fourth-order valence-electron chi connectivity index (χ4n) is 1.23. The van der Waals surface area contributed by atoms with Gasteiger partial charge in [-0.2, -0.15) is 11.8 Å². The van der Waals surface area contributed by atoms with Gasteiger partial charge in [0.1, 0.15) is 0 Å². The zero-order valence-corrected chi connectivity index (χ0v) is 9.11. The molecule has 1 aliphatic rings. The molecular weight excluding hydrogens is 208 g/mol. The number of nitrogens with one attached hydrogen (secondary N) is 1. The molecule has 0 aromatic rings. The van der Waals surface area contributed by atoms with Gasteiger partial charge in [0.05, 0.1) is 11.3 Å². The second kappa shape index (κ2) is 4.96. The lowest BCUT2D eigenvalue weighted by Gasteiger charge is -2.19. The van der Waals surface area contributed by atoms with Crippen LogP contribution in [0.3, 0.4) is 0 Å². The summed E-state index contributed by atoms with van der Waals surface area (Å²) in [7, 11) is 0. The van der Waals surface area contributed by atoms with Crippen LogP contribution in [0, 0.1) is 5.92 Å². The molecule has 2 nitrogen and oxygen atoms in total. The Morgan fingerprint density at radius 1 is 1.50 bits per heavy atom.